The van der Waals surface area contributed by atoms with Crippen molar-refractivity contribution in [3.8, 4) is 5.75 Å². The van der Waals surface area contributed by atoms with Crippen molar-refractivity contribution in [3.63, 3.8) is 0 Å². The van der Waals surface area contributed by atoms with Gasteiger partial charge >= 0.3 is 0 Å². The number of nitrogens with one attached hydrogen (secondary N) is 1. The fourth-order valence-electron chi connectivity index (χ4n) is 2.98. The number of benzene rings is 2. The molecular formula is C20H20FN5OS. The van der Waals surface area contributed by atoms with E-state index in [-0.39, 0.29) is 17.0 Å². The Morgan fingerprint density at radius 3 is 2.71 bits per heavy atom. The molecule has 2 N–H and O–H groups in total. The summed E-state index contributed by atoms with van der Waals surface area (Å²) in [4.78, 5) is 0.656. The van der Waals surface area contributed by atoms with Crippen molar-refractivity contribution >= 4 is 27.1 Å². The second-order valence-electron chi connectivity index (χ2n) is 7.63. The fraction of sp³-hybridized carbons (Fsp3) is 0.250. The SMILES string of the molecule is CC(C)(C)c1cc(Cc2nnc3sc(Nc4cccc(F)c4)nn23)ccc1O. The molecule has 0 amide bonds. The molecular weight excluding hydrogens is 377 g/mol. The Balaban J connectivity index is 1.61. The molecule has 144 valence electrons. The number of hydrogen-bond acceptors (Lipinski definition) is 6. The molecule has 0 radical (unpaired) electrons. The summed E-state index contributed by atoms with van der Waals surface area (Å²) >= 11 is 1.34. The third-order valence-electron chi connectivity index (χ3n) is 4.36. The molecule has 0 saturated carbocycles. The average Bonchev–Trinajstić information content (AvgIpc) is 3.17. The Morgan fingerprint density at radius 1 is 1.14 bits per heavy atom. The minimum Gasteiger partial charge on any atom is -0.508 e. The molecule has 0 bridgehead atoms. The number of rotatable bonds is 4. The number of nitrogens with zero attached hydrogens (tertiary/aromatic N) is 4. The minimum atomic E-state index is -0.310. The van der Waals surface area contributed by atoms with Crippen molar-refractivity contribution in [3.05, 3.63) is 65.2 Å². The first-order valence-corrected chi connectivity index (χ1v) is 9.67. The lowest BCUT2D eigenvalue weighted by Crippen LogP contribution is -2.12. The highest BCUT2D eigenvalue weighted by molar-refractivity contribution is 7.20. The van der Waals surface area contributed by atoms with Gasteiger partial charge in [0.25, 0.3) is 0 Å². The van der Waals surface area contributed by atoms with Crippen molar-refractivity contribution in [1.82, 2.24) is 19.8 Å². The van der Waals surface area contributed by atoms with E-state index >= 15 is 0 Å². The van der Waals surface area contributed by atoms with Gasteiger partial charge in [-0.05, 0) is 40.8 Å². The molecule has 0 aliphatic carbocycles. The van der Waals surface area contributed by atoms with Gasteiger partial charge < -0.3 is 10.4 Å². The molecule has 0 aliphatic heterocycles. The third-order valence-corrected chi connectivity index (χ3v) is 5.18. The molecule has 8 heteroatoms. The largest absolute Gasteiger partial charge is 0.508 e. The smallest absolute Gasteiger partial charge is 0.236 e. The fourth-order valence-corrected chi connectivity index (χ4v) is 3.76. The number of phenolic OH excluding ortho intramolecular Hbond substituents is 1. The summed E-state index contributed by atoms with van der Waals surface area (Å²) in [6, 6.07) is 11.8. The first kappa shape index (κ1) is 18.4. The summed E-state index contributed by atoms with van der Waals surface area (Å²) in [5.74, 6) is 0.678. The van der Waals surface area contributed by atoms with E-state index in [1.165, 1.54) is 23.5 Å². The normalized spacial score (nSPS) is 11.9. The van der Waals surface area contributed by atoms with Gasteiger partial charge in [0.15, 0.2) is 5.82 Å². The third kappa shape index (κ3) is 3.68. The Morgan fingerprint density at radius 2 is 1.96 bits per heavy atom. The number of aromatic hydroxyl groups is 1. The van der Waals surface area contributed by atoms with Crippen LogP contribution in [0, 0.1) is 5.82 Å². The van der Waals surface area contributed by atoms with Crippen molar-refractivity contribution in [1.29, 1.82) is 0 Å². The molecule has 6 nitrogen and oxygen atoms in total. The van der Waals surface area contributed by atoms with Crippen LogP contribution in [-0.2, 0) is 11.8 Å². The first-order valence-electron chi connectivity index (χ1n) is 8.86. The van der Waals surface area contributed by atoms with Crippen LogP contribution in [0.4, 0.5) is 15.2 Å². The maximum atomic E-state index is 13.4. The molecule has 0 aliphatic rings. The van der Waals surface area contributed by atoms with Crippen LogP contribution in [0.1, 0.15) is 37.7 Å². The zero-order valence-corrected chi connectivity index (χ0v) is 16.6. The van der Waals surface area contributed by atoms with Crippen molar-refractivity contribution in [2.45, 2.75) is 32.6 Å². The highest BCUT2D eigenvalue weighted by atomic mass is 32.1. The molecule has 2 aromatic heterocycles. The Bertz CT molecular complexity index is 1150. The zero-order valence-electron chi connectivity index (χ0n) is 15.8. The van der Waals surface area contributed by atoms with Gasteiger partial charge in [0.1, 0.15) is 11.6 Å². The van der Waals surface area contributed by atoms with Crippen LogP contribution in [-0.4, -0.2) is 24.9 Å². The molecule has 0 fully saturated rings. The van der Waals surface area contributed by atoms with E-state index in [0.29, 0.717) is 28.0 Å². The van der Waals surface area contributed by atoms with E-state index < -0.39 is 0 Å². The van der Waals surface area contributed by atoms with Crippen molar-refractivity contribution in [2.24, 2.45) is 0 Å². The number of phenols is 1. The summed E-state index contributed by atoms with van der Waals surface area (Å²) in [7, 11) is 0. The monoisotopic (exact) mass is 397 g/mol. The van der Waals surface area contributed by atoms with Gasteiger partial charge in [-0.2, -0.15) is 4.52 Å². The van der Waals surface area contributed by atoms with Crippen molar-refractivity contribution < 1.29 is 9.50 Å². The van der Waals surface area contributed by atoms with E-state index in [1.807, 2.05) is 12.1 Å². The summed E-state index contributed by atoms with van der Waals surface area (Å²) in [6.07, 6.45) is 0.535. The summed E-state index contributed by atoms with van der Waals surface area (Å²) in [6.45, 7) is 6.18. The van der Waals surface area contributed by atoms with Crippen LogP contribution in [0.25, 0.3) is 4.96 Å². The van der Waals surface area contributed by atoms with Gasteiger partial charge in [0.05, 0.1) is 0 Å². The number of halogens is 1. The predicted molar refractivity (Wildman–Crippen MR) is 108 cm³/mol. The summed E-state index contributed by atoms with van der Waals surface area (Å²) in [5, 5.41) is 26.8. The zero-order chi connectivity index (χ0) is 19.9. The predicted octanol–water partition coefficient (Wildman–Crippen LogP) is 4.66. The number of hydrogen-bond donors (Lipinski definition) is 2. The van der Waals surface area contributed by atoms with E-state index in [0.717, 1.165) is 11.1 Å². The second-order valence-corrected chi connectivity index (χ2v) is 8.59. The standard InChI is InChI=1S/C20H20FN5OS/c1-20(2,3)15-9-12(7-8-16(15)27)10-17-23-24-19-26(17)25-18(28-19)22-14-6-4-5-13(21)11-14/h4-9,11,27H,10H2,1-3H3,(H,22,25). The molecule has 4 aromatic rings. The van der Waals surface area contributed by atoms with E-state index in [9.17, 15) is 9.50 Å². The lowest BCUT2D eigenvalue weighted by atomic mass is 9.85. The van der Waals surface area contributed by atoms with Gasteiger partial charge in [-0.1, -0.05) is 50.3 Å². The van der Waals surface area contributed by atoms with Gasteiger partial charge in [0.2, 0.25) is 10.1 Å². The lowest BCUT2D eigenvalue weighted by Gasteiger charge is -2.21. The summed E-state index contributed by atoms with van der Waals surface area (Å²) in [5.41, 5.74) is 2.37. The topological polar surface area (TPSA) is 75.3 Å². The molecule has 0 atom stereocenters. The molecule has 0 saturated heterocycles. The minimum absolute atomic E-state index is 0.164. The Labute approximate surface area is 165 Å². The van der Waals surface area contributed by atoms with E-state index in [1.54, 1.807) is 22.7 Å². The molecule has 0 spiro atoms. The molecule has 0 unspecified atom stereocenters. The maximum absolute atomic E-state index is 13.4. The van der Waals surface area contributed by atoms with Crippen LogP contribution in [0.5, 0.6) is 5.75 Å². The van der Waals surface area contributed by atoms with Crippen LogP contribution in [0.15, 0.2) is 42.5 Å². The maximum Gasteiger partial charge on any atom is 0.236 e. The number of fused-ring (bicyclic) bond motifs is 1. The highest BCUT2D eigenvalue weighted by Gasteiger charge is 2.19. The molecule has 4 rings (SSSR count). The van der Waals surface area contributed by atoms with Crippen LogP contribution in [0.3, 0.4) is 0 Å². The lowest BCUT2D eigenvalue weighted by molar-refractivity contribution is 0.446. The van der Waals surface area contributed by atoms with E-state index in [4.69, 9.17) is 0 Å². The van der Waals surface area contributed by atoms with Gasteiger partial charge in [-0.15, -0.1) is 15.3 Å². The van der Waals surface area contributed by atoms with Crippen LogP contribution in [0.2, 0.25) is 0 Å². The average molecular weight is 397 g/mol. The van der Waals surface area contributed by atoms with Crippen molar-refractivity contribution in [2.75, 3.05) is 5.32 Å². The van der Waals surface area contributed by atoms with Gasteiger partial charge in [0, 0.05) is 12.1 Å². The van der Waals surface area contributed by atoms with E-state index in [2.05, 4.69) is 41.4 Å². The van der Waals surface area contributed by atoms with Gasteiger partial charge in [-0.3, -0.25) is 0 Å². The quantitative estimate of drug-likeness (QED) is 0.524. The van der Waals surface area contributed by atoms with Gasteiger partial charge in [-0.25, -0.2) is 4.39 Å². The van der Waals surface area contributed by atoms with Crippen LogP contribution < -0.4 is 5.32 Å². The van der Waals surface area contributed by atoms with Crippen LogP contribution >= 0.6 is 11.3 Å². The number of anilines is 2. The molecule has 2 aromatic carbocycles. The highest BCUT2D eigenvalue weighted by Crippen LogP contribution is 2.32. The molecule has 2 heterocycles. The first-order chi connectivity index (χ1) is 13.3. The number of aromatic nitrogens is 4. The summed E-state index contributed by atoms with van der Waals surface area (Å²) < 4.78 is 15.1. The molecule has 28 heavy (non-hydrogen) atoms. The second kappa shape index (κ2) is 6.87. The Hall–Kier alpha value is -3.00. The Kier molecular flexibility index (Phi) is 4.50.